The molecule has 0 bridgehead atoms. The summed E-state index contributed by atoms with van der Waals surface area (Å²) in [4.78, 5) is 22.6. The molecule has 3 aromatic rings. The SMILES string of the molecule is COCC1CN(Cc2coc(C)n2)CCN1C(=O)/C=C/c1ccc(C(F)(F)F)cc1Cn1nnc(C)n1. The van der Waals surface area contributed by atoms with Crippen LogP contribution in [0.2, 0.25) is 0 Å². The third-order valence-electron chi connectivity index (χ3n) is 6.00. The van der Waals surface area contributed by atoms with Crippen molar-refractivity contribution in [3.8, 4) is 0 Å². The maximum atomic E-state index is 13.3. The van der Waals surface area contributed by atoms with Crippen LogP contribution in [0.5, 0.6) is 0 Å². The van der Waals surface area contributed by atoms with Gasteiger partial charge in [0.15, 0.2) is 11.7 Å². The zero-order valence-electron chi connectivity index (χ0n) is 20.8. The molecule has 1 saturated heterocycles. The van der Waals surface area contributed by atoms with E-state index >= 15 is 0 Å². The average molecular weight is 520 g/mol. The van der Waals surface area contributed by atoms with Gasteiger partial charge < -0.3 is 14.1 Å². The highest BCUT2D eigenvalue weighted by Crippen LogP contribution is 2.31. The van der Waals surface area contributed by atoms with Crippen LogP contribution >= 0.6 is 0 Å². The van der Waals surface area contributed by atoms with Gasteiger partial charge in [-0.15, -0.1) is 10.2 Å². The van der Waals surface area contributed by atoms with E-state index in [1.165, 1.54) is 23.0 Å². The molecule has 0 spiro atoms. The number of halogens is 3. The summed E-state index contributed by atoms with van der Waals surface area (Å²) in [5, 5.41) is 11.7. The van der Waals surface area contributed by atoms with Gasteiger partial charge in [-0.2, -0.15) is 18.0 Å². The van der Waals surface area contributed by atoms with Crippen LogP contribution in [0.1, 0.15) is 34.1 Å². The number of ether oxygens (including phenoxy) is 1. The number of hydrogen-bond donors (Lipinski definition) is 0. The van der Waals surface area contributed by atoms with E-state index in [0.29, 0.717) is 55.6 Å². The first-order valence-corrected chi connectivity index (χ1v) is 11.7. The fourth-order valence-corrected chi connectivity index (χ4v) is 4.28. The zero-order valence-corrected chi connectivity index (χ0v) is 20.8. The van der Waals surface area contributed by atoms with Crippen molar-refractivity contribution in [2.75, 3.05) is 33.4 Å². The van der Waals surface area contributed by atoms with Gasteiger partial charge >= 0.3 is 6.18 Å². The Morgan fingerprint density at radius 1 is 1.24 bits per heavy atom. The van der Waals surface area contributed by atoms with Gasteiger partial charge in [-0.3, -0.25) is 9.69 Å². The first-order chi connectivity index (χ1) is 17.6. The van der Waals surface area contributed by atoms with Crippen LogP contribution in [-0.4, -0.2) is 80.3 Å². The molecule has 3 heterocycles. The van der Waals surface area contributed by atoms with Gasteiger partial charge in [0, 0.05) is 46.3 Å². The second-order valence-corrected chi connectivity index (χ2v) is 8.85. The number of piperazine rings is 1. The summed E-state index contributed by atoms with van der Waals surface area (Å²) in [5.41, 5.74) is 0.804. The van der Waals surface area contributed by atoms with E-state index in [0.717, 1.165) is 17.8 Å². The molecule has 0 aliphatic carbocycles. The van der Waals surface area contributed by atoms with Crippen molar-refractivity contribution in [3.05, 3.63) is 64.6 Å². The number of aromatic nitrogens is 5. The second-order valence-electron chi connectivity index (χ2n) is 8.85. The smallest absolute Gasteiger partial charge is 0.416 e. The topological polar surface area (TPSA) is 102 Å². The van der Waals surface area contributed by atoms with Crippen LogP contribution < -0.4 is 0 Å². The van der Waals surface area contributed by atoms with Gasteiger partial charge in [0.2, 0.25) is 5.91 Å². The number of methoxy groups -OCH3 is 1. The highest BCUT2D eigenvalue weighted by Gasteiger charge is 2.32. The predicted octanol–water partition coefficient (Wildman–Crippen LogP) is 2.72. The maximum Gasteiger partial charge on any atom is 0.416 e. The Morgan fingerprint density at radius 2 is 2.05 bits per heavy atom. The summed E-state index contributed by atoms with van der Waals surface area (Å²) < 4.78 is 50.6. The van der Waals surface area contributed by atoms with Gasteiger partial charge in [0.05, 0.1) is 30.5 Å². The highest BCUT2D eigenvalue weighted by molar-refractivity contribution is 5.92. The summed E-state index contributed by atoms with van der Waals surface area (Å²) >= 11 is 0. The number of nitrogens with zero attached hydrogens (tertiary/aromatic N) is 7. The van der Waals surface area contributed by atoms with Gasteiger partial charge in [-0.05, 0) is 41.5 Å². The van der Waals surface area contributed by atoms with Crippen molar-refractivity contribution in [2.45, 2.75) is 39.2 Å². The maximum absolute atomic E-state index is 13.3. The van der Waals surface area contributed by atoms with Gasteiger partial charge in [-0.1, -0.05) is 6.07 Å². The van der Waals surface area contributed by atoms with E-state index in [1.54, 1.807) is 32.1 Å². The molecule has 1 fully saturated rings. The van der Waals surface area contributed by atoms with Crippen LogP contribution in [0.3, 0.4) is 0 Å². The van der Waals surface area contributed by atoms with Gasteiger partial charge in [-0.25, -0.2) is 4.98 Å². The van der Waals surface area contributed by atoms with E-state index in [1.807, 2.05) is 0 Å². The second kappa shape index (κ2) is 11.2. The molecular weight excluding hydrogens is 491 g/mol. The van der Waals surface area contributed by atoms with E-state index in [-0.39, 0.29) is 18.5 Å². The summed E-state index contributed by atoms with van der Waals surface area (Å²) in [7, 11) is 1.58. The van der Waals surface area contributed by atoms with Crippen molar-refractivity contribution in [1.29, 1.82) is 0 Å². The predicted molar refractivity (Wildman–Crippen MR) is 126 cm³/mol. The van der Waals surface area contributed by atoms with Crippen LogP contribution in [-0.2, 0) is 28.8 Å². The molecule has 1 aliphatic rings. The molecule has 10 nitrogen and oxygen atoms in total. The summed E-state index contributed by atoms with van der Waals surface area (Å²) in [5.74, 6) is 0.751. The Morgan fingerprint density at radius 3 is 2.70 bits per heavy atom. The molecule has 1 amide bonds. The number of hydrogen-bond acceptors (Lipinski definition) is 8. The first-order valence-electron chi connectivity index (χ1n) is 11.7. The zero-order chi connectivity index (χ0) is 26.6. The number of carbonyl (C=O) groups excluding carboxylic acids is 1. The van der Waals surface area contributed by atoms with Crippen molar-refractivity contribution in [1.82, 2.24) is 35.0 Å². The quantitative estimate of drug-likeness (QED) is 0.419. The first kappa shape index (κ1) is 26.5. The number of rotatable bonds is 8. The molecule has 1 aromatic carbocycles. The normalized spacial score (nSPS) is 17.1. The monoisotopic (exact) mass is 519 g/mol. The highest BCUT2D eigenvalue weighted by atomic mass is 19.4. The van der Waals surface area contributed by atoms with Crippen molar-refractivity contribution < 1.29 is 27.1 Å². The largest absolute Gasteiger partial charge is 0.449 e. The lowest BCUT2D eigenvalue weighted by atomic mass is 10.0. The number of oxazole rings is 1. The molecule has 1 unspecified atom stereocenters. The van der Waals surface area contributed by atoms with Crippen molar-refractivity contribution in [2.24, 2.45) is 0 Å². The number of aryl methyl sites for hydroxylation is 2. The van der Waals surface area contributed by atoms with Crippen molar-refractivity contribution >= 4 is 12.0 Å². The molecule has 0 N–H and O–H groups in total. The third-order valence-corrected chi connectivity index (χ3v) is 6.00. The fraction of sp³-hybridized carbons (Fsp3) is 0.458. The van der Waals surface area contributed by atoms with E-state index in [4.69, 9.17) is 9.15 Å². The Balaban J connectivity index is 1.50. The molecular formula is C24H28F3N7O3. The van der Waals surface area contributed by atoms with Crippen molar-refractivity contribution in [3.63, 3.8) is 0 Å². The van der Waals surface area contributed by atoms with E-state index < -0.39 is 11.7 Å². The Labute approximate surface area is 211 Å². The van der Waals surface area contributed by atoms with E-state index in [9.17, 15) is 18.0 Å². The lowest BCUT2D eigenvalue weighted by molar-refractivity contribution is -0.137. The minimum absolute atomic E-state index is 0.0227. The Bertz CT molecular complexity index is 1250. The third kappa shape index (κ3) is 6.80. The molecule has 1 aliphatic heterocycles. The standard InChI is InChI=1S/C24H28F3N7O3/c1-16-29-31-34(30-16)11-19-10-20(24(25,26)27)6-4-18(19)5-7-23(35)33-9-8-32(13-22(33)15-36-3)12-21-14-37-17(2)28-21/h4-7,10,14,22H,8-9,11-13,15H2,1-3H3/b7-5+. The Kier molecular flexibility index (Phi) is 8.03. The minimum Gasteiger partial charge on any atom is -0.449 e. The average Bonchev–Trinajstić information content (AvgIpc) is 3.44. The number of carbonyl (C=O) groups is 1. The van der Waals surface area contributed by atoms with Gasteiger partial charge in [0.1, 0.15) is 6.26 Å². The van der Waals surface area contributed by atoms with Crippen LogP contribution in [0.15, 0.2) is 35.0 Å². The summed E-state index contributed by atoms with van der Waals surface area (Å²) in [6, 6.07) is 3.18. The number of alkyl halides is 3. The molecule has 2 aromatic heterocycles. The fourth-order valence-electron chi connectivity index (χ4n) is 4.28. The number of tetrazole rings is 1. The number of amides is 1. The summed E-state index contributed by atoms with van der Waals surface area (Å²) in [6.45, 7) is 6.03. The minimum atomic E-state index is -4.50. The molecule has 13 heteroatoms. The summed E-state index contributed by atoms with van der Waals surface area (Å²) in [6.07, 6.45) is 0.0242. The lowest BCUT2D eigenvalue weighted by Crippen LogP contribution is -2.56. The van der Waals surface area contributed by atoms with E-state index in [2.05, 4.69) is 25.3 Å². The number of benzene rings is 1. The molecule has 0 radical (unpaired) electrons. The van der Waals surface area contributed by atoms with Crippen LogP contribution in [0.4, 0.5) is 13.2 Å². The molecule has 198 valence electrons. The van der Waals surface area contributed by atoms with Crippen LogP contribution in [0.25, 0.3) is 6.08 Å². The molecule has 37 heavy (non-hydrogen) atoms. The Hall–Kier alpha value is -3.58. The molecule has 4 rings (SSSR count). The lowest BCUT2D eigenvalue weighted by Gasteiger charge is -2.40. The van der Waals surface area contributed by atoms with Crippen LogP contribution in [0, 0.1) is 13.8 Å². The van der Waals surface area contributed by atoms with Gasteiger partial charge in [0.25, 0.3) is 0 Å². The molecule has 1 atom stereocenters. The molecule has 0 saturated carbocycles.